The summed E-state index contributed by atoms with van der Waals surface area (Å²) in [6.07, 6.45) is 4.79. The maximum absolute atomic E-state index is 6.62. The molecule has 2 atom stereocenters. The number of nitrogens with one attached hydrogen (secondary N) is 1. The third-order valence-electron chi connectivity index (χ3n) is 5.51. The average molecular weight is 414 g/mol. The predicted molar refractivity (Wildman–Crippen MR) is 114 cm³/mol. The fourth-order valence-corrected chi connectivity index (χ4v) is 4.46. The first-order chi connectivity index (χ1) is 14.8. The van der Waals surface area contributed by atoms with Crippen LogP contribution < -0.4 is 10.1 Å². The SMILES string of the molecule is Clc1ccccc1[C@@H]1Oc2ccccc2C2=C1[C@@H](c1cccnc1)n1ncnc1N2. The molecule has 1 N–H and O–H groups in total. The van der Waals surface area contributed by atoms with E-state index in [0.717, 1.165) is 33.7 Å². The van der Waals surface area contributed by atoms with Gasteiger partial charge in [-0.3, -0.25) is 4.98 Å². The Morgan fingerprint density at radius 1 is 1.00 bits per heavy atom. The van der Waals surface area contributed by atoms with Crippen LogP contribution in [-0.4, -0.2) is 19.7 Å². The van der Waals surface area contributed by atoms with Gasteiger partial charge in [0.05, 0.1) is 5.70 Å². The molecule has 2 aromatic heterocycles. The van der Waals surface area contributed by atoms with E-state index in [4.69, 9.17) is 16.3 Å². The molecule has 6 nitrogen and oxygen atoms in total. The van der Waals surface area contributed by atoms with E-state index >= 15 is 0 Å². The van der Waals surface area contributed by atoms with Crippen molar-refractivity contribution in [3.8, 4) is 5.75 Å². The Labute approximate surface area is 177 Å². The molecule has 6 rings (SSSR count). The van der Waals surface area contributed by atoms with Gasteiger partial charge in [-0.15, -0.1) is 0 Å². The van der Waals surface area contributed by atoms with Gasteiger partial charge in [0.25, 0.3) is 0 Å². The van der Waals surface area contributed by atoms with Gasteiger partial charge in [-0.05, 0) is 29.8 Å². The summed E-state index contributed by atoms with van der Waals surface area (Å²) in [6.45, 7) is 0. The van der Waals surface area contributed by atoms with Crippen LogP contribution in [0.5, 0.6) is 5.75 Å². The lowest BCUT2D eigenvalue weighted by atomic mass is 9.85. The standard InChI is InChI=1S/C23H16ClN5O/c24-17-9-3-1-7-15(17)22-19-20(16-8-2-4-10-18(16)30-22)28-23-26-13-27-29(23)21(19)14-6-5-11-25-12-14/h1-13,21-22H,(H,26,27,28)/t21-,22+/m1/s1. The second-order valence-corrected chi connectivity index (χ2v) is 7.60. The Kier molecular flexibility index (Phi) is 3.86. The largest absolute Gasteiger partial charge is 0.480 e. The van der Waals surface area contributed by atoms with Gasteiger partial charge in [0, 0.05) is 34.1 Å². The molecule has 0 radical (unpaired) electrons. The number of para-hydroxylation sites is 1. The Balaban J connectivity index is 1.66. The molecular weight excluding hydrogens is 398 g/mol. The summed E-state index contributed by atoms with van der Waals surface area (Å²) in [6, 6.07) is 19.5. The molecule has 2 aliphatic rings. The van der Waals surface area contributed by atoms with E-state index in [1.54, 1.807) is 12.5 Å². The summed E-state index contributed by atoms with van der Waals surface area (Å²) in [5.41, 5.74) is 4.88. The number of anilines is 1. The molecule has 146 valence electrons. The Hall–Kier alpha value is -3.64. The van der Waals surface area contributed by atoms with Crippen molar-refractivity contribution in [3.05, 3.63) is 107 Å². The second-order valence-electron chi connectivity index (χ2n) is 7.19. The predicted octanol–water partition coefficient (Wildman–Crippen LogP) is 4.89. The summed E-state index contributed by atoms with van der Waals surface area (Å²) in [5, 5.41) is 8.64. The van der Waals surface area contributed by atoms with Crippen molar-refractivity contribution in [1.29, 1.82) is 0 Å². The van der Waals surface area contributed by atoms with Crippen LogP contribution in [0.4, 0.5) is 5.95 Å². The lowest BCUT2D eigenvalue weighted by Crippen LogP contribution is -2.32. The van der Waals surface area contributed by atoms with E-state index in [9.17, 15) is 0 Å². The van der Waals surface area contributed by atoms with Crippen molar-refractivity contribution in [3.63, 3.8) is 0 Å². The van der Waals surface area contributed by atoms with E-state index in [1.165, 1.54) is 0 Å². The van der Waals surface area contributed by atoms with Gasteiger partial charge >= 0.3 is 0 Å². The molecule has 0 saturated carbocycles. The van der Waals surface area contributed by atoms with Gasteiger partial charge in [-0.25, -0.2) is 4.68 Å². The zero-order valence-electron chi connectivity index (χ0n) is 15.7. The summed E-state index contributed by atoms with van der Waals surface area (Å²) < 4.78 is 8.42. The lowest BCUT2D eigenvalue weighted by Gasteiger charge is -2.39. The van der Waals surface area contributed by atoms with Crippen LogP contribution in [0.15, 0.2) is 85.0 Å². The Morgan fingerprint density at radius 3 is 2.73 bits per heavy atom. The normalized spacial score (nSPS) is 19.2. The minimum absolute atomic E-state index is 0.234. The number of pyridine rings is 1. The lowest BCUT2D eigenvalue weighted by molar-refractivity contribution is 0.223. The Morgan fingerprint density at radius 2 is 1.87 bits per heavy atom. The van der Waals surface area contributed by atoms with Crippen LogP contribution in [0.25, 0.3) is 5.70 Å². The van der Waals surface area contributed by atoms with E-state index in [0.29, 0.717) is 11.0 Å². The van der Waals surface area contributed by atoms with Crippen LogP contribution in [0, 0.1) is 0 Å². The monoisotopic (exact) mass is 413 g/mol. The molecule has 4 heterocycles. The summed E-state index contributed by atoms with van der Waals surface area (Å²) in [4.78, 5) is 8.77. The molecule has 7 heteroatoms. The fourth-order valence-electron chi connectivity index (χ4n) is 4.22. The van der Waals surface area contributed by atoms with Crippen molar-refractivity contribution in [2.24, 2.45) is 0 Å². The number of ether oxygens (including phenoxy) is 1. The summed E-state index contributed by atoms with van der Waals surface area (Å²) in [5.74, 6) is 1.48. The molecule has 0 aliphatic carbocycles. The molecule has 0 fully saturated rings. The van der Waals surface area contributed by atoms with Gasteiger partial charge in [0.1, 0.15) is 18.1 Å². The van der Waals surface area contributed by atoms with Crippen molar-refractivity contribution < 1.29 is 4.74 Å². The highest BCUT2D eigenvalue weighted by Gasteiger charge is 2.41. The van der Waals surface area contributed by atoms with Crippen molar-refractivity contribution in [2.75, 3.05) is 5.32 Å². The highest BCUT2D eigenvalue weighted by molar-refractivity contribution is 6.31. The third-order valence-corrected chi connectivity index (χ3v) is 5.85. The van der Waals surface area contributed by atoms with Gasteiger partial charge in [0.15, 0.2) is 6.10 Å². The topological polar surface area (TPSA) is 64.9 Å². The minimum Gasteiger partial charge on any atom is -0.480 e. The quantitative estimate of drug-likeness (QED) is 0.507. The molecule has 0 spiro atoms. The number of halogens is 1. The van der Waals surface area contributed by atoms with Crippen molar-refractivity contribution in [2.45, 2.75) is 12.1 Å². The molecule has 0 amide bonds. The van der Waals surface area contributed by atoms with Crippen molar-refractivity contribution in [1.82, 2.24) is 19.7 Å². The summed E-state index contributed by atoms with van der Waals surface area (Å²) in [7, 11) is 0. The molecule has 30 heavy (non-hydrogen) atoms. The number of benzene rings is 2. The Bertz CT molecular complexity index is 1280. The van der Waals surface area contributed by atoms with Crippen LogP contribution in [0.1, 0.15) is 28.8 Å². The first-order valence-corrected chi connectivity index (χ1v) is 10.00. The maximum Gasteiger partial charge on any atom is 0.226 e. The first kappa shape index (κ1) is 17.2. The van der Waals surface area contributed by atoms with E-state index in [1.807, 2.05) is 71.5 Å². The second kappa shape index (κ2) is 6.71. The zero-order valence-corrected chi connectivity index (χ0v) is 16.5. The molecular formula is C23H16ClN5O. The average Bonchev–Trinajstić information content (AvgIpc) is 3.26. The molecule has 0 saturated heterocycles. The highest BCUT2D eigenvalue weighted by Crippen LogP contribution is 2.51. The molecule has 4 aromatic rings. The van der Waals surface area contributed by atoms with Crippen LogP contribution in [0.2, 0.25) is 5.02 Å². The van der Waals surface area contributed by atoms with Crippen LogP contribution in [-0.2, 0) is 0 Å². The molecule has 0 bridgehead atoms. The zero-order chi connectivity index (χ0) is 20.1. The van der Waals surface area contributed by atoms with E-state index in [2.05, 4.69) is 20.4 Å². The highest BCUT2D eigenvalue weighted by atomic mass is 35.5. The van der Waals surface area contributed by atoms with E-state index in [-0.39, 0.29) is 6.04 Å². The van der Waals surface area contributed by atoms with Crippen molar-refractivity contribution >= 4 is 23.2 Å². The number of nitrogens with zero attached hydrogens (tertiary/aromatic N) is 4. The fraction of sp³-hybridized carbons (Fsp3) is 0.0870. The smallest absolute Gasteiger partial charge is 0.226 e. The number of hydrogen-bond donors (Lipinski definition) is 1. The maximum atomic E-state index is 6.62. The molecule has 2 aliphatic heterocycles. The number of aromatic nitrogens is 4. The van der Waals surface area contributed by atoms with Crippen LogP contribution in [0.3, 0.4) is 0 Å². The number of rotatable bonds is 2. The van der Waals surface area contributed by atoms with Gasteiger partial charge < -0.3 is 10.1 Å². The third kappa shape index (κ3) is 2.54. The number of hydrogen-bond acceptors (Lipinski definition) is 5. The minimum atomic E-state index is -0.390. The molecule has 2 aromatic carbocycles. The van der Waals surface area contributed by atoms with Gasteiger partial charge in [0.2, 0.25) is 5.95 Å². The van der Waals surface area contributed by atoms with Crippen LogP contribution >= 0.6 is 11.6 Å². The molecule has 0 unspecified atom stereocenters. The summed E-state index contributed by atoms with van der Waals surface area (Å²) >= 11 is 6.62. The first-order valence-electron chi connectivity index (χ1n) is 9.62. The van der Waals surface area contributed by atoms with Gasteiger partial charge in [-0.2, -0.15) is 10.1 Å². The van der Waals surface area contributed by atoms with Gasteiger partial charge in [-0.1, -0.05) is 48.0 Å². The van der Waals surface area contributed by atoms with E-state index < -0.39 is 6.10 Å². The number of fused-ring (bicyclic) bond motifs is 3.